The number of aliphatic hydroxyl groups excluding tert-OH is 7. The average Bonchev–Trinajstić information content (AvgIpc) is 3.30. The lowest BCUT2D eigenvalue weighted by Gasteiger charge is -2.42. The van der Waals surface area contributed by atoms with Crippen molar-refractivity contribution in [1.29, 1.82) is 0 Å². The molecule has 0 radical (unpaired) electrons. The number of esters is 2. The van der Waals surface area contributed by atoms with Gasteiger partial charge >= 0.3 is 11.9 Å². The van der Waals surface area contributed by atoms with Gasteiger partial charge in [0.05, 0.1) is 19.8 Å². The van der Waals surface area contributed by atoms with E-state index in [-0.39, 0.29) is 19.4 Å². The van der Waals surface area contributed by atoms with Gasteiger partial charge in [0, 0.05) is 12.8 Å². The van der Waals surface area contributed by atoms with E-state index in [9.17, 15) is 45.3 Å². The molecule has 2 aliphatic rings. The molecule has 0 amide bonds. The molecule has 11 atom stereocenters. The van der Waals surface area contributed by atoms with E-state index < -0.39 is 99.3 Å². The molecule has 378 valence electrons. The summed E-state index contributed by atoms with van der Waals surface area (Å²) in [5.74, 6) is -0.973. The predicted octanol–water partition coefficient (Wildman–Crippen LogP) is 6.54. The van der Waals surface area contributed by atoms with Crippen LogP contribution in [0.15, 0.2) is 36.5 Å². The number of aliphatic hydroxyl groups is 7. The highest BCUT2D eigenvalue weighted by molar-refractivity contribution is 5.70. The number of hydrogen-bond acceptors (Lipinski definition) is 15. The first-order valence-electron chi connectivity index (χ1n) is 25.1. The third-order valence-electron chi connectivity index (χ3n) is 11.8. The minimum absolute atomic E-state index is 0.121. The molecule has 7 N–H and O–H groups in total. The van der Waals surface area contributed by atoms with Crippen molar-refractivity contribution < 1.29 is 73.8 Å². The summed E-state index contributed by atoms with van der Waals surface area (Å²) >= 11 is 0. The molecule has 15 nitrogen and oxygen atoms in total. The van der Waals surface area contributed by atoms with Crippen molar-refractivity contribution in [2.75, 3.05) is 26.4 Å². The van der Waals surface area contributed by atoms with Crippen LogP contribution in [-0.2, 0) is 38.0 Å². The fourth-order valence-corrected chi connectivity index (χ4v) is 7.65. The van der Waals surface area contributed by atoms with E-state index in [1.807, 2.05) is 0 Å². The van der Waals surface area contributed by atoms with Crippen molar-refractivity contribution in [2.45, 2.75) is 242 Å². The van der Waals surface area contributed by atoms with E-state index in [1.165, 1.54) is 70.6 Å². The minimum atomic E-state index is -1.77. The summed E-state index contributed by atoms with van der Waals surface area (Å²) in [7, 11) is 0. The number of unbranched alkanes of at least 4 members (excludes halogenated alkanes) is 18. The van der Waals surface area contributed by atoms with Crippen LogP contribution in [0.1, 0.15) is 174 Å². The molecule has 0 aliphatic carbocycles. The molecule has 15 heteroatoms. The normalized spacial score (nSPS) is 26.7. The van der Waals surface area contributed by atoms with E-state index in [1.54, 1.807) is 0 Å². The topological polar surface area (TPSA) is 231 Å². The first-order chi connectivity index (χ1) is 31.5. The number of ether oxygens (including phenoxy) is 6. The molecule has 2 rings (SSSR count). The Morgan fingerprint density at radius 2 is 0.923 bits per heavy atom. The number of allylic oxidation sites excluding steroid dienone is 6. The van der Waals surface area contributed by atoms with Gasteiger partial charge in [-0.25, -0.2) is 0 Å². The number of carbonyl (C=O) groups is 2. The maximum Gasteiger partial charge on any atom is 0.306 e. The molecule has 0 saturated carbocycles. The predicted molar refractivity (Wildman–Crippen MR) is 247 cm³/mol. The van der Waals surface area contributed by atoms with Gasteiger partial charge in [0.1, 0.15) is 55.4 Å². The maximum absolute atomic E-state index is 13.0. The second kappa shape index (κ2) is 37.7. The Labute approximate surface area is 389 Å². The van der Waals surface area contributed by atoms with Gasteiger partial charge in [-0.3, -0.25) is 9.59 Å². The van der Waals surface area contributed by atoms with Gasteiger partial charge in [0.25, 0.3) is 0 Å². The lowest BCUT2D eigenvalue weighted by atomic mass is 9.98. The molecule has 0 aromatic rings. The van der Waals surface area contributed by atoms with E-state index in [4.69, 9.17) is 28.4 Å². The molecule has 0 aromatic carbocycles. The summed E-state index contributed by atoms with van der Waals surface area (Å²) in [6.45, 7) is 2.52. The van der Waals surface area contributed by atoms with Crippen molar-refractivity contribution in [3.05, 3.63) is 36.5 Å². The molecule has 2 fully saturated rings. The fourth-order valence-electron chi connectivity index (χ4n) is 7.65. The molecule has 65 heavy (non-hydrogen) atoms. The maximum atomic E-state index is 13.0. The summed E-state index contributed by atoms with van der Waals surface area (Å²) in [5, 5.41) is 72.0. The third-order valence-corrected chi connectivity index (χ3v) is 11.8. The number of carbonyl (C=O) groups excluding carboxylic acids is 2. The Balaban J connectivity index is 1.85. The standard InChI is InChI=1S/C50H88O15/c1-3-5-7-9-11-13-15-17-19-21-23-25-27-29-31-33-42(53)63-38(35-60-41(52)32-30-28-26-24-22-20-18-16-14-12-10-8-6-4-2)36-61-49-48(59)46(57)44(55)40(65-49)37-62-50-47(58)45(56)43(54)39(34-51)64-50/h16-19,23,25,38-40,43-51,54-59H,3-15,20-22,24,26-37H2,1-2H3/b18-16+,19-17+,25-23+/t38-,39-,40-,43+,44+,45?,46?,47?,48?,49-,50-/m1/s1. The van der Waals surface area contributed by atoms with Crippen molar-refractivity contribution >= 4 is 11.9 Å². The van der Waals surface area contributed by atoms with Crippen LogP contribution < -0.4 is 0 Å². The van der Waals surface area contributed by atoms with Gasteiger partial charge in [0.2, 0.25) is 0 Å². The van der Waals surface area contributed by atoms with E-state index in [2.05, 4.69) is 50.3 Å². The van der Waals surface area contributed by atoms with Gasteiger partial charge < -0.3 is 64.2 Å². The van der Waals surface area contributed by atoms with Crippen LogP contribution in [0.5, 0.6) is 0 Å². The Bertz CT molecular complexity index is 1280. The lowest BCUT2D eigenvalue weighted by Crippen LogP contribution is -2.61. The molecule has 0 aromatic heterocycles. The fraction of sp³-hybridized carbons (Fsp3) is 0.840. The zero-order chi connectivity index (χ0) is 47.5. The van der Waals surface area contributed by atoms with Crippen molar-refractivity contribution in [1.82, 2.24) is 0 Å². The second-order valence-corrected chi connectivity index (χ2v) is 17.6. The summed E-state index contributed by atoms with van der Waals surface area (Å²) in [6.07, 6.45) is 21.8. The molecule has 2 saturated heterocycles. The molecular weight excluding hydrogens is 841 g/mol. The SMILES string of the molecule is CCCCCCC/C=C/CCCCCCCC(=O)OC[C@H](CO[C@@H]1O[C@H](CO[C@@H]2O[C@H](CO)[C@H](O)C(O)C2O)[C@H](O)C(O)C1O)OC(=O)CCCC/C=C/C/C=C/CCCCCCCC. The zero-order valence-corrected chi connectivity index (χ0v) is 39.7. The molecule has 2 aliphatic heterocycles. The lowest BCUT2D eigenvalue weighted by molar-refractivity contribution is -0.332. The van der Waals surface area contributed by atoms with Crippen LogP contribution in [0.4, 0.5) is 0 Å². The molecule has 4 unspecified atom stereocenters. The van der Waals surface area contributed by atoms with Gasteiger partial charge in [0.15, 0.2) is 18.7 Å². The van der Waals surface area contributed by atoms with Gasteiger partial charge in [-0.15, -0.1) is 0 Å². The van der Waals surface area contributed by atoms with E-state index >= 15 is 0 Å². The van der Waals surface area contributed by atoms with Crippen LogP contribution in [0.25, 0.3) is 0 Å². The van der Waals surface area contributed by atoms with Crippen LogP contribution in [0.2, 0.25) is 0 Å². The first-order valence-corrected chi connectivity index (χ1v) is 25.1. The highest BCUT2D eigenvalue weighted by Gasteiger charge is 2.47. The quantitative estimate of drug-likeness (QED) is 0.0198. The Hall–Kier alpha value is -2.28. The van der Waals surface area contributed by atoms with Crippen LogP contribution in [-0.4, -0.2) is 142 Å². The van der Waals surface area contributed by atoms with Crippen LogP contribution in [0.3, 0.4) is 0 Å². The monoisotopic (exact) mass is 929 g/mol. The summed E-state index contributed by atoms with van der Waals surface area (Å²) in [6, 6.07) is 0. The summed E-state index contributed by atoms with van der Waals surface area (Å²) in [4.78, 5) is 25.7. The smallest absolute Gasteiger partial charge is 0.306 e. The number of hydrogen-bond donors (Lipinski definition) is 7. The first kappa shape index (κ1) is 58.8. The largest absolute Gasteiger partial charge is 0.462 e. The van der Waals surface area contributed by atoms with Crippen molar-refractivity contribution in [3.8, 4) is 0 Å². The molecule has 2 heterocycles. The Kier molecular flexibility index (Phi) is 34.1. The number of rotatable bonds is 38. The van der Waals surface area contributed by atoms with Gasteiger partial charge in [-0.2, -0.15) is 0 Å². The molecule has 0 bridgehead atoms. The third kappa shape index (κ3) is 26.2. The van der Waals surface area contributed by atoms with Crippen molar-refractivity contribution in [2.24, 2.45) is 0 Å². The highest BCUT2D eigenvalue weighted by atomic mass is 16.7. The second-order valence-electron chi connectivity index (χ2n) is 17.6. The highest BCUT2D eigenvalue weighted by Crippen LogP contribution is 2.26. The van der Waals surface area contributed by atoms with Gasteiger partial charge in [-0.05, 0) is 70.6 Å². The zero-order valence-electron chi connectivity index (χ0n) is 39.7. The van der Waals surface area contributed by atoms with Crippen molar-refractivity contribution in [3.63, 3.8) is 0 Å². The van der Waals surface area contributed by atoms with Crippen LogP contribution in [0, 0.1) is 0 Å². The van der Waals surface area contributed by atoms with Crippen LogP contribution >= 0.6 is 0 Å². The molecule has 0 spiro atoms. The average molecular weight is 929 g/mol. The van der Waals surface area contributed by atoms with E-state index in [0.29, 0.717) is 12.8 Å². The molecular formula is C50H88O15. The summed E-state index contributed by atoms with van der Waals surface area (Å²) < 4.78 is 33.5. The summed E-state index contributed by atoms with van der Waals surface area (Å²) in [5.41, 5.74) is 0. The van der Waals surface area contributed by atoms with Gasteiger partial charge in [-0.1, -0.05) is 127 Å². The van der Waals surface area contributed by atoms with E-state index in [0.717, 1.165) is 64.2 Å². The Morgan fingerprint density at radius 1 is 0.492 bits per heavy atom. The minimum Gasteiger partial charge on any atom is -0.462 e. The Morgan fingerprint density at radius 3 is 1.48 bits per heavy atom.